The predicted octanol–water partition coefficient (Wildman–Crippen LogP) is 3.83. The van der Waals surface area contributed by atoms with Crippen LogP contribution in [0.5, 0.6) is 0 Å². The number of fused-ring (bicyclic) bond motifs is 5. The number of ether oxygens (including phenoxy) is 2. The Bertz CT molecular complexity index is 729. The third-order valence-corrected chi connectivity index (χ3v) is 9.43. The van der Waals surface area contributed by atoms with Gasteiger partial charge in [-0.25, -0.2) is 0 Å². The zero-order valence-electron chi connectivity index (χ0n) is 18.3. The molecule has 0 aromatic rings. The van der Waals surface area contributed by atoms with Crippen LogP contribution >= 0.6 is 0 Å². The zero-order chi connectivity index (χ0) is 21.0. The Kier molecular flexibility index (Phi) is 5.22. The summed E-state index contributed by atoms with van der Waals surface area (Å²) in [6.07, 6.45) is 8.91. The smallest absolute Gasteiger partial charge is 0.302 e. The summed E-state index contributed by atoms with van der Waals surface area (Å²) in [6.45, 7) is 6.11. The van der Waals surface area contributed by atoms with Crippen LogP contribution in [0.1, 0.15) is 72.1 Å². The van der Waals surface area contributed by atoms with Gasteiger partial charge < -0.3 is 14.6 Å². The minimum absolute atomic E-state index is 0.103. The van der Waals surface area contributed by atoms with Gasteiger partial charge in [0, 0.05) is 25.9 Å². The molecule has 1 N–H and O–H groups in total. The van der Waals surface area contributed by atoms with Crippen LogP contribution < -0.4 is 0 Å². The van der Waals surface area contributed by atoms with E-state index in [-0.39, 0.29) is 23.4 Å². The van der Waals surface area contributed by atoms with Gasteiger partial charge >= 0.3 is 5.97 Å². The summed E-state index contributed by atoms with van der Waals surface area (Å²) in [7, 11) is 1.60. The lowest BCUT2D eigenvalue weighted by Gasteiger charge is -2.59. The number of aliphatic hydroxyl groups is 1. The molecule has 5 heteroatoms. The number of allylic oxidation sites excluding steroid dienone is 1. The van der Waals surface area contributed by atoms with E-state index in [1.165, 1.54) is 12.5 Å². The molecule has 0 bridgehead atoms. The fourth-order valence-corrected chi connectivity index (χ4v) is 7.73. The molecule has 4 aliphatic carbocycles. The highest BCUT2D eigenvalue weighted by Gasteiger charge is 2.66. The highest BCUT2D eigenvalue weighted by Crippen LogP contribution is 2.68. The summed E-state index contributed by atoms with van der Waals surface area (Å²) in [6, 6.07) is 0. The molecule has 3 fully saturated rings. The number of ketones is 1. The molecule has 4 aliphatic rings. The van der Waals surface area contributed by atoms with Crippen molar-refractivity contribution in [2.24, 2.45) is 28.6 Å². The quantitative estimate of drug-likeness (QED) is 0.721. The van der Waals surface area contributed by atoms with Crippen LogP contribution in [0.2, 0.25) is 0 Å². The van der Waals surface area contributed by atoms with Crippen molar-refractivity contribution >= 4 is 11.8 Å². The highest BCUT2D eigenvalue weighted by molar-refractivity contribution is 5.91. The largest absolute Gasteiger partial charge is 0.463 e. The molecular weight excluding hydrogens is 368 g/mol. The van der Waals surface area contributed by atoms with Gasteiger partial charge in [-0.1, -0.05) is 19.4 Å². The molecule has 3 saturated carbocycles. The lowest BCUT2D eigenvalue weighted by atomic mass is 9.46. The van der Waals surface area contributed by atoms with Gasteiger partial charge in [0.2, 0.25) is 0 Å². The monoisotopic (exact) mass is 404 g/mol. The number of esters is 1. The Morgan fingerprint density at radius 3 is 2.59 bits per heavy atom. The Labute approximate surface area is 174 Å². The minimum Gasteiger partial charge on any atom is -0.463 e. The van der Waals surface area contributed by atoms with Gasteiger partial charge in [0.25, 0.3) is 0 Å². The number of hydrogen-bond donors (Lipinski definition) is 1. The maximum atomic E-state index is 12.0. The Morgan fingerprint density at radius 1 is 1.17 bits per heavy atom. The van der Waals surface area contributed by atoms with Crippen molar-refractivity contribution in [3.8, 4) is 0 Å². The van der Waals surface area contributed by atoms with E-state index in [1.54, 1.807) is 7.11 Å². The molecule has 1 unspecified atom stereocenters. The van der Waals surface area contributed by atoms with Crippen LogP contribution in [0.4, 0.5) is 0 Å². The van der Waals surface area contributed by atoms with Gasteiger partial charge in [-0.3, -0.25) is 9.59 Å². The van der Waals surface area contributed by atoms with Crippen molar-refractivity contribution < 1.29 is 24.2 Å². The van der Waals surface area contributed by atoms with Gasteiger partial charge in [-0.05, 0) is 74.2 Å². The topological polar surface area (TPSA) is 72.8 Å². The van der Waals surface area contributed by atoms with Gasteiger partial charge in [0.05, 0.1) is 5.60 Å². The molecule has 5 nitrogen and oxygen atoms in total. The fourth-order valence-electron chi connectivity index (χ4n) is 7.73. The third-order valence-electron chi connectivity index (χ3n) is 9.43. The first kappa shape index (κ1) is 21.0. The van der Waals surface area contributed by atoms with E-state index < -0.39 is 11.7 Å². The van der Waals surface area contributed by atoms with E-state index in [2.05, 4.69) is 13.8 Å². The van der Waals surface area contributed by atoms with Crippen LogP contribution in [-0.2, 0) is 19.1 Å². The van der Waals surface area contributed by atoms with Gasteiger partial charge in [-0.15, -0.1) is 0 Å². The summed E-state index contributed by atoms with van der Waals surface area (Å²) in [5.74, 6) is 1.55. The number of hydrogen-bond acceptors (Lipinski definition) is 5. The summed E-state index contributed by atoms with van der Waals surface area (Å²) in [4.78, 5) is 23.3. The number of carbonyl (C=O) groups is 2. The summed E-state index contributed by atoms with van der Waals surface area (Å²) < 4.78 is 10.9. The minimum atomic E-state index is -0.980. The molecule has 0 radical (unpaired) electrons. The second-order valence-electron chi connectivity index (χ2n) is 10.4. The van der Waals surface area contributed by atoms with Crippen molar-refractivity contribution in [2.45, 2.75) is 83.8 Å². The van der Waals surface area contributed by atoms with E-state index in [9.17, 15) is 14.7 Å². The first-order chi connectivity index (χ1) is 13.7. The zero-order valence-corrected chi connectivity index (χ0v) is 18.3. The van der Waals surface area contributed by atoms with Crippen LogP contribution in [0, 0.1) is 28.6 Å². The second-order valence-corrected chi connectivity index (χ2v) is 10.4. The standard InChI is InChI=1S/C24H36O5/c1-15(25)29-14-21(28-4)24(27)12-9-20-18-6-5-16-13-17(26)7-10-22(16,2)19(18)8-11-23(20,24)3/h13,18-21,27H,5-12,14H2,1-4H3/t18-,19+,20+,21?,22+,23+,24-/m1/s1. The molecular formula is C24H36O5. The van der Waals surface area contributed by atoms with E-state index in [0.717, 1.165) is 38.5 Å². The Balaban J connectivity index is 1.61. The van der Waals surface area contributed by atoms with E-state index >= 15 is 0 Å². The molecule has 0 spiro atoms. The normalized spacial score (nSPS) is 44.9. The van der Waals surface area contributed by atoms with Crippen molar-refractivity contribution in [2.75, 3.05) is 13.7 Å². The van der Waals surface area contributed by atoms with E-state index in [4.69, 9.17) is 9.47 Å². The molecule has 29 heavy (non-hydrogen) atoms. The van der Waals surface area contributed by atoms with E-state index in [1.807, 2.05) is 6.08 Å². The molecule has 162 valence electrons. The second kappa shape index (κ2) is 7.19. The number of carbonyl (C=O) groups excluding carboxylic acids is 2. The van der Waals surface area contributed by atoms with Crippen molar-refractivity contribution in [3.63, 3.8) is 0 Å². The molecule has 0 aromatic heterocycles. The van der Waals surface area contributed by atoms with Gasteiger partial charge in [0.15, 0.2) is 5.78 Å². The Morgan fingerprint density at radius 2 is 1.90 bits per heavy atom. The summed E-state index contributed by atoms with van der Waals surface area (Å²) in [5.41, 5.74) is 0.289. The molecule has 0 aliphatic heterocycles. The summed E-state index contributed by atoms with van der Waals surface area (Å²) >= 11 is 0. The first-order valence-electron chi connectivity index (χ1n) is 11.3. The van der Waals surface area contributed by atoms with Gasteiger partial charge in [-0.2, -0.15) is 0 Å². The van der Waals surface area contributed by atoms with Gasteiger partial charge in [0.1, 0.15) is 12.7 Å². The first-order valence-corrected chi connectivity index (χ1v) is 11.3. The third kappa shape index (κ3) is 3.03. The summed E-state index contributed by atoms with van der Waals surface area (Å²) in [5, 5.41) is 11.9. The van der Waals surface area contributed by atoms with Crippen molar-refractivity contribution in [1.82, 2.24) is 0 Å². The number of methoxy groups -OCH3 is 1. The van der Waals surface area contributed by atoms with Crippen LogP contribution in [0.15, 0.2) is 11.6 Å². The van der Waals surface area contributed by atoms with Crippen molar-refractivity contribution in [3.05, 3.63) is 11.6 Å². The predicted molar refractivity (Wildman–Crippen MR) is 109 cm³/mol. The van der Waals surface area contributed by atoms with E-state index in [0.29, 0.717) is 36.4 Å². The molecule has 7 atom stereocenters. The molecule has 0 heterocycles. The van der Waals surface area contributed by atoms with Crippen molar-refractivity contribution in [1.29, 1.82) is 0 Å². The van der Waals surface area contributed by atoms with Crippen LogP contribution in [-0.4, -0.2) is 42.3 Å². The molecule has 0 amide bonds. The average Bonchev–Trinajstić information content (AvgIpc) is 2.94. The van der Waals surface area contributed by atoms with Crippen LogP contribution in [0.3, 0.4) is 0 Å². The maximum Gasteiger partial charge on any atom is 0.302 e. The lowest BCUT2D eigenvalue weighted by Crippen LogP contribution is -2.60. The average molecular weight is 405 g/mol. The highest BCUT2D eigenvalue weighted by atomic mass is 16.6. The fraction of sp³-hybridized carbons (Fsp3) is 0.833. The van der Waals surface area contributed by atoms with Crippen LogP contribution in [0.25, 0.3) is 0 Å². The maximum absolute atomic E-state index is 12.0. The SMILES string of the molecule is COC(COC(C)=O)[C@]1(O)CC[C@H]2[C@@H]3CCC4=CC(=O)CC[C@]4(C)[C@H]3CC[C@@]21C. The lowest BCUT2D eigenvalue weighted by molar-refractivity contribution is -0.198. The molecule has 4 rings (SSSR count). The molecule has 0 aromatic carbocycles. The number of rotatable bonds is 4. The Hall–Kier alpha value is -1.20. The molecule has 0 saturated heterocycles.